The molecule has 0 aliphatic heterocycles. The predicted octanol–water partition coefficient (Wildman–Crippen LogP) is 2.88. The molecule has 3 rings (SSSR count). The van der Waals surface area contributed by atoms with Gasteiger partial charge in [0.1, 0.15) is 5.65 Å². The van der Waals surface area contributed by atoms with Crippen LogP contribution in [0.3, 0.4) is 0 Å². The summed E-state index contributed by atoms with van der Waals surface area (Å²) >= 11 is 0. The third-order valence-corrected chi connectivity index (χ3v) is 5.03. The second-order valence-electron chi connectivity index (χ2n) is 6.56. The van der Waals surface area contributed by atoms with E-state index < -0.39 is 5.97 Å². The maximum Gasteiger partial charge on any atom is 0.356 e. The highest BCUT2D eigenvalue weighted by Crippen LogP contribution is 2.63. The van der Waals surface area contributed by atoms with Gasteiger partial charge in [-0.25, -0.2) is 9.78 Å². The van der Waals surface area contributed by atoms with Crippen molar-refractivity contribution in [3.05, 3.63) is 30.1 Å². The molecule has 5 heteroatoms. The summed E-state index contributed by atoms with van der Waals surface area (Å²) in [5.74, 6) is -0.519. The molecule has 5 nitrogen and oxygen atoms in total. The van der Waals surface area contributed by atoms with E-state index in [0.717, 1.165) is 0 Å². The van der Waals surface area contributed by atoms with E-state index in [1.54, 1.807) is 22.7 Å². The lowest BCUT2D eigenvalue weighted by atomic mass is 10.0. The predicted molar refractivity (Wildman–Crippen MR) is 77.1 cm³/mol. The number of aromatic carboxylic acids is 1. The molecule has 0 saturated heterocycles. The second-order valence-corrected chi connectivity index (χ2v) is 6.56. The van der Waals surface area contributed by atoms with Gasteiger partial charge in [0.05, 0.1) is 0 Å². The number of anilines is 1. The number of nitrogens with zero attached hydrogens (tertiary/aromatic N) is 2. The molecule has 0 spiro atoms. The normalized spacial score (nSPS) is 20.0. The van der Waals surface area contributed by atoms with Gasteiger partial charge in [0.15, 0.2) is 11.5 Å². The molecule has 106 valence electrons. The first-order chi connectivity index (χ1) is 9.26. The molecule has 2 aromatic heterocycles. The first kappa shape index (κ1) is 13.0. The van der Waals surface area contributed by atoms with Crippen LogP contribution in [0.5, 0.6) is 0 Å². The molecule has 2 N–H and O–H groups in total. The number of imidazole rings is 1. The summed E-state index contributed by atoms with van der Waals surface area (Å²) in [7, 11) is 0. The molecular formula is C15H19N3O2. The standard InChI is InChI=1S/C15H19N3O2/c1-14(2)13(15(14,3)4)17-11-10(12(19)20)18-8-6-5-7-9(18)16-11/h5-8,13,17H,1-4H3,(H,19,20). The molecule has 0 atom stereocenters. The molecule has 0 aromatic carbocycles. The summed E-state index contributed by atoms with van der Waals surface area (Å²) in [5, 5.41) is 12.8. The van der Waals surface area contributed by atoms with Crippen LogP contribution in [0, 0.1) is 10.8 Å². The molecule has 1 aliphatic rings. The van der Waals surface area contributed by atoms with E-state index >= 15 is 0 Å². The Morgan fingerprint density at radius 2 is 1.95 bits per heavy atom. The van der Waals surface area contributed by atoms with Crippen molar-refractivity contribution in [3.8, 4) is 0 Å². The molecule has 0 amide bonds. The lowest BCUT2D eigenvalue weighted by Gasteiger charge is -2.06. The van der Waals surface area contributed by atoms with E-state index in [1.165, 1.54) is 0 Å². The molecule has 1 aliphatic carbocycles. The fraction of sp³-hybridized carbons (Fsp3) is 0.467. The van der Waals surface area contributed by atoms with Gasteiger partial charge in [-0.3, -0.25) is 4.40 Å². The minimum atomic E-state index is -0.970. The third-order valence-electron chi connectivity index (χ3n) is 5.03. The smallest absolute Gasteiger partial charge is 0.356 e. The van der Waals surface area contributed by atoms with Gasteiger partial charge >= 0.3 is 5.97 Å². The van der Waals surface area contributed by atoms with Gasteiger partial charge < -0.3 is 10.4 Å². The molecule has 0 radical (unpaired) electrons. The van der Waals surface area contributed by atoms with Crippen LogP contribution in [0.4, 0.5) is 5.82 Å². The van der Waals surface area contributed by atoms with E-state index in [2.05, 4.69) is 38.0 Å². The first-order valence-corrected chi connectivity index (χ1v) is 6.74. The summed E-state index contributed by atoms with van der Waals surface area (Å²) in [6, 6.07) is 5.68. The second kappa shape index (κ2) is 3.75. The number of hydrogen-bond donors (Lipinski definition) is 2. The van der Waals surface area contributed by atoms with Crippen molar-refractivity contribution in [1.82, 2.24) is 9.38 Å². The molecule has 0 unspecified atom stereocenters. The minimum Gasteiger partial charge on any atom is -0.476 e. The number of nitrogens with one attached hydrogen (secondary N) is 1. The van der Waals surface area contributed by atoms with Crippen LogP contribution in [0.15, 0.2) is 24.4 Å². The molecule has 1 fully saturated rings. The van der Waals surface area contributed by atoms with Crippen molar-refractivity contribution >= 4 is 17.4 Å². The Hall–Kier alpha value is -2.04. The van der Waals surface area contributed by atoms with Crippen LogP contribution in [-0.2, 0) is 0 Å². The van der Waals surface area contributed by atoms with Crippen LogP contribution < -0.4 is 5.32 Å². The zero-order valence-electron chi connectivity index (χ0n) is 12.1. The first-order valence-electron chi connectivity index (χ1n) is 6.74. The number of carboxylic acid groups (broad SMARTS) is 1. The monoisotopic (exact) mass is 273 g/mol. The summed E-state index contributed by atoms with van der Waals surface area (Å²) in [5.41, 5.74) is 1.08. The highest BCUT2D eigenvalue weighted by molar-refractivity contribution is 5.93. The molecule has 1 saturated carbocycles. The van der Waals surface area contributed by atoms with Crippen molar-refractivity contribution in [1.29, 1.82) is 0 Å². The largest absolute Gasteiger partial charge is 0.476 e. The summed E-state index contributed by atoms with van der Waals surface area (Å²) in [4.78, 5) is 15.9. The summed E-state index contributed by atoms with van der Waals surface area (Å²) < 4.78 is 1.60. The Bertz CT molecular complexity index is 686. The van der Waals surface area contributed by atoms with E-state index in [9.17, 15) is 9.90 Å². The quantitative estimate of drug-likeness (QED) is 0.902. The lowest BCUT2D eigenvalue weighted by molar-refractivity contribution is 0.0690. The Morgan fingerprint density at radius 1 is 1.30 bits per heavy atom. The van der Waals surface area contributed by atoms with Crippen molar-refractivity contribution in [2.24, 2.45) is 10.8 Å². The highest BCUT2D eigenvalue weighted by atomic mass is 16.4. The van der Waals surface area contributed by atoms with Crippen molar-refractivity contribution < 1.29 is 9.90 Å². The third kappa shape index (κ3) is 1.55. The number of carbonyl (C=O) groups is 1. The van der Waals surface area contributed by atoms with E-state index in [1.807, 2.05) is 6.07 Å². The molecule has 2 heterocycles. The van der Waals surface area contributed by atoms with E-state index in [0.29, 0.717) is 11.5 Å². The number of rotatable bonds is 3. The van der Waals surface area contributed by atoms with Crippen LogP contribution in [0.1, 0.15) is 38.2 Å². The van der Waals surface area contributed by atoms with Gasteiger partial charge in [0.25, 0.3) is 0 Å². The zero-order valence-corrected chi connectivity index (χ0v) is 12.1. The zero-order chi connectivity index (χ0) is 14.7. The van der Waals surface area contributed by atoms with Crippen molar-refractivity contribution in [3.63, 3.8) is 0 Å². The van der Waals surface area contributed by atoms with E-state index in [4.69, 9.17) is 0 Å². The van der Waals surface area contributed by atoms with Crippen LogP contribution in [0.2, 0.25) is 0 Å². The molecule has 20 heavy (non-hydrogen) atoms. The number of aromatic nitrogens is 2. The van der Waals surface area contributed by atoms with Gasteiger partial charge in [-0.05, 0) is 23.0 Å². The van der Waals surface area contributed by atoms with Crippen LogP contribution >= 0.6 is 0 Å². The fourth-order valence-corrected chi connectivity index (χ4v) is 2.99. The maximum atomic E-state index is 11.5. The van der Waals surface area contributed by atoms with Gasteiger partial charge in [-0.2, -0.15) is 0 Å². The Labute approximate surface area is 117 Å². The van der Waals surface area contributed by atoms with Crippen molar-refractivity contribution in [2.45, 2.75) is 33.7 Å². The van der Waals surface area contributed by atoms with Gasteiger partial charge in [0.2, 0.25) is 0 Å². The molecular weight excluding hydrogens is 254 g/mol. The Kier molecular flexibility index (Phi) is 2.43. The maximum absolute atomic E-state index is 11.5. The number of fused-ring (bicyclic) bond motifs is 1. The summed E-state index contributed by atoms with van der Waals surface area (Å²) in [6.07, 6.45) is 1.72. The van der Waals surface area contributed by atoms with E-state index in [-0.39, 0.29) is 22.6 Å². The lowest BCUT2D eigenvalue weighted by Crippen LogP contribution is -2.14. The summed E-state index contributed by atoms with van der Waals surface area (Å²) in [6.45, 7) is 8.73. The van der Waals surface area contributed by atoms with Crippen molar-refractivity contribution in [2.75, 3.05) is 5.32 Å². The SMILES string of the molecule is CC1(C)C(Nc2nc3ccccn3c2C(=O)O)C1(C)C. The average Bonchev–Trinajstić information content (AvgIpc) is 2.70. The highest BCUT2D eigenvalue weighted by Gasteiger charge is 2.65. The number of carboxylic acids is 1. The topological polar surface area (TPSA) is 66.6 Å². The van der Waals surface area contributed by atoms with Crippen LogP contribution in [0.25, 0.3) is 5.65 Å². The Balaban J connectivity index is 2.05. The van der Waals surface area contributed by atoms with Gasteiger partial charge in [-0.15, -0.1) is 0 Å². The Morgan fingerprint density at radius 3 is 2.50 bits per heavy atom. The molecule has 2 aromatic rings. The van der Waals surface area contributed by atoms with Gasteiger partial charge in [-0.1, -0.05) is 33.8 Å². The molecule has 0 bridgehead atoms. The average molecular weight is 273 g/mol. The van der Waals surface area contributed by atoms with Crippen LogP contribution in [-0.4, -0.2) is 26.5 Å². The number of pyridine rings is 1. The fourth-order valence-electron chi connectivity index (χ4n) is 2.99. The van der Waals surface area contributed by atoms with Gasteiger partial charge in [0, 0.05) is 12.2 Å². The minimum absolute atomic E-state index is 0.124. The number of hydrogen-bond acceptors (Lipinski definition) is 3.